The van der Waals surface area contributed by atoms with Gasteiger partial charge in [-0.1, -0.05) is 13.8 Å². The zero-order valence-electron chi connectivity index (χ0n) is 12.2. The molecule has 0 heterocycles. The van der Waals surface area contributed by atoms with E-state index in [4.69, 9.17) is 5.73 Å². The van der Waals surface area contributed by atoms with Gasteiger partial charge in [-0.25, -0.2) is 0 Å². The second-order valence-corrected chi connectivity index (χ2v) is 5.69. The zero-order valence-corrected chi connectivity index (χ0v) is 13.1. The lowest BCUT2D eigenvalue weighted by Crippen LogP contribution is -2.46. The van der Waals surface area contributed by atoms with E-state index >= 15 is 0 Å². The molecule has 0 aromatic rings. The van der Waals surface area contributed by atoms with Crippen molar-refractivity contribution in [1.29, 1.82) is 0 Å². The minimum absolute atomic E-state index is 0.106. The number of thioether (sulfide) groups is 1. The van der Waals surface area contributed by atoms with Crippen molar-refractivity contribution in [3.8, 4) is 0 Å². The molecule has 7 heteroatoms. The third-order valence-corrected chi connectivity index (χ3v) is 3.52. The van der Waals surface area contributed by atoms with Gasteiger partial charge in [0.25, 0.3) is 0 Å². The van der Waals surface area contributed by atoms with E-state index in [-0.39, 0.29) is 24.1 Å². The van der Waals surface area contributed by atoms with Gasteiger partial charge in [0.15, 0.2) is 0 Å². The van der Waals surface area contributed by atoms with Crippen LogP contribution in [0, 0.1) is 0 Å². The summed E-state index contributed by atoms with van der Waals surface area (Å²) in [4.78, 5) is 34.2. The molecule has 0 aliphatic carbocycles. The highest BCUT2D eigenvalue weighted by atomic mass is 32.2. The molecule has 2 amide bonds. The highest BCUT2D eigenvalue weighted by Crippen LogP contribution is 1.99. The monoisotopic (exact) mass is 303 g/mol. The van der Waals surface area contributed by atoms with Gasteiger partial charge in [-0.05, 0) is 12.2 Å². The van der Waals surface area contributed by atoms with Gasteiger partial charge in [-0.3, -0.25) is 14.4 Å². The van der Waals surface area contributed by atoms with Crippen LogP contribution in [-0.4, -0.2) is 48.2 Å². The Morgan fingerprint density at radius 1 is 1.15 bits per heavy atom. The van der Waals surface area contributed by atoms with Crippen LogP contribution >= 0.6 is 11.8 Å². The van der Waals surface area contributed by atoms with E-state index in [1.54, 1.807) is 11.8 Å². The van der Waals surface area contributed by atoms with Crippen LogP contribution < -0.4 is 16.4 Å². The Kier molecular flexibility index (Phi) is 11.1. The molecular formula is C13H25N3O3S. The number of carbonyl (C=O) groups is 3. The summed E-state index contributed by atoms with van der Waals surface area (Å²) in [6, 6.07) is -0.598. The second-order valence-electron chi connectivity index (χ2n) is 4.37. The fraction of sp³-hybridized carbons (Fsp3) is 0.769. The highest BCUT2D eigenvalue weighted by molar-refractivity contribution is 7.99. The normalized spacial score (nSPS) is 11.8. The van der Waals surface area contributed by atoms with E-state index < -0.39 is 6.04 Å². The van der Waals surface area contributed by atoms with Crippen molar-refractivity contribution in [2.45, 2.75) is 39.2 Å². The van der Waals surface area contributed by atoms with Gasteiger partial charge < -0.3 is 16.4 Å². The van der Waals surface area contributed by atoms with Gasteiger partial charge in [0.2, 0.25) is 11.8 Å². The number of hydrogen-bond donors (Lipinski definition) is 3. The number of nitrogens with two attached hydrogens (primary N) is 1. The molecule has 0 aliphatic heterocycles. The van der Waals surface area contributed by atoms with E-state index in [1.807, 2.05) is 13.8 Å². The number of amides is 2. The Morgan fingerprint density at radius 3 is 2.45 bits per heavy atom. The Labute approximate surface area is 124 Å². The van der Waals surface area contributed by atoms with Crippen molar-refractivity contribution in [3.05, 3.63) is 0 Å². The van der Waals surface area contributed by atoms with E-state index in [9.17, 15) is 14.4 Å². The van der Waals surface area contributed by atoms with Crippen molar-refractivity contribution in [3.63, 3.8) is 0 Å². The van der Waals surface area contributed by atoms with Gasteiger partial charge in [0.05, 0.1) is 12.6 Å². The lowest BCUT2D eigenvalue weighted by atomic mass is 10.2. The summed E-state index contributed by atoms with van der Waals surface area (Å²) in [7, 11) is 0. The molecule has 116 valence electrons. The maximum absolute atomic E-state index is 11.5. The lowest BCUT2D eigenvalue weighted by molar-refractivity contribution is -0.126. The molecule has 0 aliphatic rings. The van der Waals surface area contributed by atoms with Gasteiger partial charge in [0, 0.05) is 25.1 Å². The topological polar surface area (TPSA) is 101 Å². The number of nitrogens with one attached hydrogen (secondary N) is 2. The molecule has 0 rings (SSSR count). The van der Waals surface area contributed by atoms with Gasteiger partial charge >= 0.3 is 0 Å². The van der Waals surface area contributed by atoms with E-state index in [0.717, 1.165) is 12.2 Å². The van der Waals surface area contributed by atoms with Crippen LogP contribution in [0.25, 0.3) is 0 Å². The summed E-state index contributed by atoms with van der Waals surface area (Å²) in [5.74, 6) is 0.930. The van der Waals surface area contributed by atoms with Crippen LogP contribution in [0.4, 0.5) is 0 Å². The zero-order chi connectivity index (χ0) is 15.4. The molecule has 1 atom stereocenters. The average molecular weight is 303 g/mol. The van der Waals surface area contributed by atoms with Crippen LogP contribution in [0.2, 0.25) is 0 Å². The summed E-state index contributed by atoms with van der Waals surface area (Å²) in [5, 5.41) is 5.07. The van der Waals surface area contributed by atoms with Crippen molar-refractivity contribution in [2.24, 2.45) is 5.73 Å². The molecule has 0 saturated heterocycles. The van der Waals surface area contributed by atoms with Crippen LogP contribution in [0.15, 0.2) is 0 Å². The summed E-state index contributed by atoms with van der Waals surface area (Å²) >= 11 is 1.58. The van der Waals surface area contributed by atoms with Gasteiger partial charge in [-0.15, -0.1) is 0 Å². The van der Waals surface area contributed by atoms with E-state index in [0.29, 0.717) is 25.1 Å². The third kappa shape index (κ3) is 9.80. The molecule has 0 spiro atoms. The Hall–Kier alpha value is -1.08. The predicted molar refractivity (Wildman–Crippen MR) is 81.5 cm³/mol. The largest absolute Gasteiger partial charge is 0.354 e. The molecular weight excluding hydrogens is 278 g/mol. The number of ketones is 1. The Balaban J connectivity index is 3.71. The molecule has 0 unspecified atom stereocenters. The smallest absolute Gasteiger partial charge is 0.239 e. The maximum Gasteiger partial charge on any atom is 0.239 e. The molecule has 4 N–H and O–H groups in total. The summed E-state index contributed by atoms with van der Waals surface area (Å²) in [5.41, 5.74) is 5.65. The molecule has 0 aromatic carbocycles. The highest BCUT2D eigenvalue weighted by Gasteiger charge is 2.13. The third-order valence-electron chi connectivity index (χ3n) is 2.52. The Morgan fingerprint density at radius 2 is 1.85 bits per heavy atom. The molecule has 0 radical (unpaired) electrons. The summed E-state index contributed by atoms with van der Waals surface area (Å²) < 4.78 is 0. The first-order valence-electron chi connectivity index (χ1n) is 6.90. The quantitative estimate of drug-likeness (QED) is 0.501. The first kappa shape index (κ1) is 18.9. The van der Waals surface area contributed by atoms with Crippen LogP contribution in [0.5, 0.6) is 0 Å². The summed E-state index contributed by atoms with van der Waals surface area (Å²) in [6.07, 6.45) is 1.69. The van der Waals surface area contributed by atoms with E-state index in [2.05, 4.69) is 10.6 Å². The standard InChI is InChI=1S/C13H25N3O3S/c1-3-5-10(17)6-7-15-12(18)8-16-13(19)11(14)9-20-4-2/h11H,3-9,14H2,1-2H3,(H,15,18)(H,16,19)/t11-/m0/s1. The predicted octanol–water partition coefficient (Wildman–Crippen LogP) is 0.0585. The maximum atomic E-state index is 11.5. The SMILES string of the molecule is CCCC(=O)CCNC(=O)CNC(=O)[C@@H](N)CSCC. The van der Waals surface area contributed by atoms with Crippen molar-refractivity contribution < 1.29 is 14.4 Å². The Bertz CT molecular complexity index is 324. The molecule has 0 fully saturated rings. The fourth-order valence-electron chi connectivity index (χ4n) is 1.43. The summed E-state index contributed by atoms with van der Waals surface area (Å²) in [6.45, 7) is 4.13. The van der Waals surface area contributed by atoms with Crippen molar-refractivity contribution >= 4 is 29.4 Å². The first-order chi connectivity index (χ1) is 9.51. The fourth-order valence-corrected chi connectivity index (χ4v) is 2.07. The first-order valence-corrected chi connectivity index (χ1v) is 8.06. The van der Waals surface area contributed by atoms with Crippen molar-refractivity contribution in [2.75, 3.05) is 24.6 Å². The minimum Gasteiger partial charge on any atom is -0.354 e. The number of hydrogen-bond acceptors (Lipinski definition) is 5. The average Bonchev–Trinajstić information content (AvgIpc) is 2.42. The number of Topliss-reactive ketones (excluding diaryl/α,β-unsaturated/α-hetero) is 1. The van der Waals surface area contributed by atoms with Gasteiger partial charge in [-0.2, -0.15) is 11.8 Å². The minimum atomic E-state index is -0.598. The van der Waals surface area contributed by atoms with Crippen LogP contribution in [-0.2, 0) is 14.4 Å². The number of carbonyl (C=O) groups excluding carboxylic acids is 3. The molecule has 0 saturated carbocycles. The van der Waals surface area contributed by atoms with Crippen LogP contribution in [0.3, 0.4) is 0 Å². The lowest BCUT2D eigenvalue weighted by Gasteiger charge is -2.11. The van der Waals surface area contributed by atoms with Crippen molar-refractivity contribution in [1.82, 2.24) is 10.6 Å². The molecule has 0 bridgehead atoms. The molecule has 0 aromatic heterocycles. The second kappa shape index (κ2) is 11.7. The molecule has 20 heavy (non-hydrogen) atoms. The number of rotatable bonds is 11. The van der Waals surface area contributed by atoms with Crippen LogP contribution in [0.1, 0.15) is 33.1 Å². The van der Waals surface area contributed by atoms with Gasteiger partial charge in [0.1, 0.15) is 5.78 Å². The molecule has 6 nitrogen and oxygen atoms in total. The van der Waals surface area contributed by atoms with E-state index in [1.165, 1.54) is 0 Å².